The van der Waals surface area contributed by atoms with Gasteiger partial charge in [-0.25, -0.2) is 9.78 Å². The third-order valence-electron chi connectivity index (χ3n) is 11.6. The first kappa shape index (κ1) is 65.7. The molecular weight excluding hydrogens is 1020 g/mol. The summed E-state index contributed by atoms with van der Waals surface area (Å²) in [5.74, 6) is -11.1. The van der Waals surface area contributed by atoms with E-state index in [1.807, 2.05) is 0 Å². The van der Waals surface area contributed by atoms with Crippen LogP contribution in [-0.2, 0) is 60.8 Å². The van der Waals surface area contributed by atoms with Gasteiger partial charge in [0.05, 0.1) is 18.8 Å². The van der Waals surface area contributed by atoms with Gasteiger partial charge in [0.15, 0.2) is 11.9 Å². The maximum absolute atomic E-state index is 14.3. The predicted molar refractivity (Wildman–Crippen MR) is 284 cm³/mol. The van der Waals surface area contributed by atoms with E-state index in [2.05, 4.69) is 57.2 Å². The minimum Gasteiger partial charge on any atom is -0.481 e. The molecule has 0 fully saturated rings. The number of carbonyl (C=O) groups is 10. The summed E-state index contributed by atoms with van der Waals surface area (Å²) in [7, 11) is 0. The minimum absolute atomic E-state index is 0.0170. The highest BCUT2D eigenvalue weighted by Crippen LogP contribution is 2.12. The molecule has 0 bridgehead atoms. The van der Waals surface area contributed by atoms with Gasteiger partial charge in [-0.1, -0.05) is 44.2 Å². The Morgan fingerprint density at radius 2 is 1.03 bits per heavy atom. The molecule has 78 heavy (non-hydrogen) atoms. The second-order valence-electron chi connectivity index (χ2n) is 18.8. The standard InChI is InChI=1S/C48H78N18O12/c1-26(2)20-34(64-39(70)29(50)22-28-24-56-25-59-28)44(75)65-35(23-37(51)67)45(76)63-33(15-16-38(68)69)43(74)60-30(12-6-7-17-49)40(71)61-31(13-8-18-57-47(52)53)41(72)62-32(14-9-19-58-48(54)55)42(73)66-36(46(77)78)21-27-10-4-3-5-11-27/h3-5,10-11,24-26,29-36H,6-9,12-23,49-50H2,1-2H3,(H2,51,67)(H,56,59)(H,60,74)(H,61,71)(H,62,72)(H,63,76)(H,64,70)(H,65,75)(H,66,73)(H,68,69)(H,77,78)(H4,52,53,57)(H4,54,55,58)/t29-,30-,31-,32-,33-,34-,35-,36-/m0/s1. The SMILES string of the molecule is CC(C)C[C@H](NC(=O)[C@@H](N)Cc1cnc[nH]1)C(=O)N[C@@H](CC(N)=O)C(=O)N[C@@H](CCC(=O)O)C(=O)N[C@@H](CCCCN)C(=O)N[C@@H](CCCN=C(N)N)C(=O)N[C@@H](CCCN=C(N)N)C(=O)N[C@@H](Cc1ccccc1)C(=O)O. The molecule has 0 radical (unpaired) electrons. The van der Waals surface area contributed by atoms with Crippen LogP contribution in [0.15, 0.2) is 52.8 Å². The number of aromatic nitrogens is 2. The summed E-state index contributed by atoms with van der Waals surface area (Å²) in [5, 5.41) is 37.1. The van der Waals surface area contributed by atoms with Crippen molar-refractivity contribution in [2.24, 2.45) is 56.0 Å². The summed E-state index contributed by atoms with van der Waals surface area (Å²) >= 11 is 0. The van der Waals surface area contributed by atoms with E-state index in [0.29, 0.717) is 17.7 Å². The van der Waals surface area contributed by atoms with E-state index in [0.717, 1.165) is 0 Å². The summed E-state index contributed by atoms with van der Waals surface area (Å²) in [6.07, 6.45) is 1.17. The highest BCUT2D eigenvalue weighted by atomic mass is 16.4. The zero-order valence-electron chi connectivity index (χ0n) is 43.9. The summed E-state index contributed by atoms with van der Waals surface area (Å²) in [6, 6.07) is -3.21. The first-order chi connectivity index (χ1) is 36.9. The summed E-state index contributed by atoms with van der Waals surface area (Å²) < 4.78 is 0. The van der Waals surface area contributed by atoms with Crippen molar-refractivity contribution in [2.45, 2.75) is 146 Å². The van der Waals surface area contributed by atoms with Crippen molar-refractivity contribution in [1.29, 1.82) is 0 Å². The number of unbranched alkanes of at least 4 members (excludes halogenated alkanes) is 1. The zero-order valence-corrected chi connectivity index (χ0v) is 43.9. The smallest absolute Gasteiger partial charge is 0.326 e. The van der Waals surface area contributed by atoms with Crippen LogP contribution in [0, 0.1) is 5.92 Å². The van der Waals surface area contributed by atoms with Crippen molar-refractivity contribution in [2.75, 3.05) is 19.6 Å². The molecule has 1 aromatic carbocycles. The number of nitrogens with one attached hydrogen (secondary N) is 8. The number of aromatic amines is 1. The summed E-state index contributed by atoms with van der Waals surface area (Å²) in [6.45, 7) is 3.69. The zero-order chi connectivity index (χ0) is 58.3. The molecule has 8 atom stereocenters. The van der Waals surface area contributed by atoms with Gasteiger partial charge in [0.25, 0.3) is 0 Å². The van der Waals surface area contributed by atoms with Crippen LogP contribution >= 0.6 is 0 Å². The molecule has 30 heteroatoms. The number of carboxylic acid groups (broad SMARTS) is 2. The third-order valence-corrected chi connectivity index (χ3v) is 11.6. The summed E-state index contributed by atoms with van der Waals surface area (Å²) in [5.41, 5.74) is 40.4. The molecular formula is C48H78N18O12. The lowest BCUT2D eigenvalue weighted by atomic mass is 10.0. The van der Waals surface area contributed by atoms with E-state index in [4.69, 9.17) is 40.1 Å². The molecule has 1 heterocycles. The molecule has 2 aromatic rings. The number of hydrogen-bond acceptors (Lipinski definition) is 15. The number of carbonyl (C=O) groups excluding carboxylic acids is 8. The van der Waals surface area contributed by atoms with Gasteiger partial charge in [0.1, 0.15) is 42.3 Å². The van der Waals surface area contributed by atoms with Gasteiger partial charge < -0.3 is 92.6 Å². The van der Waals surface area contributed by atoms with E-state index in [-0.39, 0.29) is 95.3 Å². The maximum atomic E-state index is 14.3. The number of primary amides is 1. The van der Waals surface area contributed by atoms with Crippen LogP contribution < -0.4 is 77.4 Å². The number of guanidine groups is 2. The van der Waals surface area contributed by atoms with E-state index in [1.165, 1.54) is 12.5 Å². The van der Waals surface area contributed by atoms with E-state index in [9.17, 15) is 58.2 Å². The molecule has 30 nitrogen and oxygen atoms in total. The topological polar surface area (TPSA) is 531 Å². The second-order valence-corrected chi connectivity index (χ2v) is 18.8. The third kappa shape index (κ3) is 26.4. The fourth-order valence-corrected chi connectivity index (χ4v) is 7.64. The monoisotopic (exact) mass is 1100 g/mol. The summed E-state index contributed by atoms with van der Waals surface area (Å²) in [4.78, 5) is 148. The van der Waals surface area contributed by atoms with Gasteiger partial charge >= 0.3 is 11.9 Å². The normalized spacial score (nSPS) is 14.0. The molecule has 0 aliphatic heterocycles. The van der Waals surface area contributed by atoms with Crippen molar-refractivity contribution in [3.05, 3.63) is 54.1 Å². The molecule has 0 unspecified atom stereocenters. The van der Waals surface area contributed by atoms with Crippen LogP contribution in [0.4, 0.5) is 0 Å². The predicted octanol–water partition coefficient (Wildman–Crippen LogP) is -4.98. The van der Waals surface area contributed by atoms with E-state index < -0.39 is 127 Å². The van der Waals surface area contributed by atoms with Crippen LogP contribution in [0.1, 0.15) is 95.7 Å². The Kier molecular flexibility index (Phi) is 29.5. The molecule has 2 rings (SSSR count). The lowest BCUT2D eigenvalue weighted by Gasteiger charge is -2.28. The average Bonchev–Trinajstić information content (AvgIpc) is 3.88. The molecule has 432 valence electrons. The number of H-pyrrole nitrogens is 1. The van der Waals surface area contributed by atoms with Crippen LogP contribution in [-0.4, -0.2) is 159 Å². The average molecular weight is 1100 g/mol. The Hall–Kier alpha value is -8.41. The van der Waals surface area contributed by atoms with Crippen LogP contribution in [0.2, 0.25) is 0 Å². The molecule has 24 N–H and O–H groups in total. The Morgan fingerprint density at radius 1 is 0.577 bits per heavy atom. The second kappa shape index (κ2) is 35.0. The van der Waals surface area contributed by atoms with Crippen LogP contribution in [0.5, 0.6) is 0 Å². The molecule has 8 amide bonds. The molecule has 0 aliphatic rings. The van der Waals surface area contributed by atoms with Crippen molar-refractivity contribution in [1.82, 2.24) is 47.2 Å². The largest absolute Gasteiger partial charge is 0.481 e. The fraction of sp³-hybridized carbons (Fsp3) is 0.562. The Labute approximate surface area is 450 Å². The number of carboxylic acids is 2. The van der Waals surface area contributed by atoms with Crippen molar-refractivity contribution in [3.63, 3.8) is 0 Å². The molecule has 1 aromatic heterocycles. The molecule has 0 saturated carbocycles. The van der Waals surface area contributed by atoms with Crippen molar-refractivity contribution < 1.29 is 58.2 Å². The van der Waals surface area contributed by atoms with Crippen molar-refractivity contribution in [3.8, 4) is 0 Å². The fourth-order valence-electron chi connectivity index (χ4n) is 7.64. The van der Waals surface area contributed by atoms with E-state index >= 15 is 0 Å². The highest BCUT2D eigenvalue weighted by molar-refractivity contribution is 5.99. The Balaban J connectivity index is 2.47. The lowest BCUT2D eigenvalue weighted by molar-refractivity contribution is -0.142. The van der Waals surface area contributed by atoms with Crippen LogP contribution in [0.3, 0.4) is 0 Å². The lowest BCUT2D eigenvalue weighted by Crippen LogP contribution is -2.60. The quantitative estimate of drug-likeness (QED) is 0.0170. The van der Waals surface area contributed by atoms with Gasteiger partial charge in [-0.3, -0.25) is 53.1 Å². The van der Waals surface area contributed by atoms with Gasteiger partial charge in [-0.2, -0.15) is 0 Å². The van der Waals surface area contributed by atoms with Gasteiger partial charge in [0, 0.05) is 44.2 Å². The highest BCUT2D eigenvalue weighted by Gasteiger charge is 2.35. The number of benzene rings is 1. The number of amides is 8. The van der Waals surface area contributed by atoms with Gasteiger partial charge in [-0.05, 0) is 75.8 Å². The van der Waals surface area contributed by atoms with E-state index in [1.54, 1.807) is 44.2 Å². The van der Waals surface area contributed by atoms with Crippen molar-refractivity contribution >= 4 is 71.1 Å². The number of hydrogen-bond donors (Lipinski definition) is 17. The number of aliphatic carboxylic acids is 2. The first-order valence-corrected chi connectivity index (χ1v) is 25.3. The molecule has 0 spiro atoms. The number of nitrogens with zero attached hydrogens (tertiary/aromatic N) is 3. The number of imidazole rings is 1. The number of aliphatic imine (C=N–C) groups is 2. The van der Waals surface area contributed by atoms with Crippen LogP contribution in [0.25, 0.3) is 0 Å². The Morgan fingerprint density at radius 3 is 1.46 bits per heavy atom. The molecule has 0 aliphatic carbocycles. The Bertz CT molecular complexity index is 2350. The molecule has 0 saturated heterocycles. The van der Waals surface area contributed by atoms with Gasteiger partial charge in [-0.15, -0.1) is 0 Å². The van der Waals surface area contributed by atoms with Gasteiger partial charge in [0.2, 0.25) is 47.3 Å². The maximum Gasteiger partial charge on any atom is 0.326 e. The number of rotatable bonds is 38. The first-order valence-electron chi connectivity index (χ1n) is 25.3. The minimum atomic E-state index is -1.77. The number of nitrogens with two attached hydrogens (primary N) is 7.